The van der Waals surface area contributed by atoms with Crippen LogP contribution >= 0.6 is 0 Å². The number of rotatable bonds is 23. The van der Waals surface area contributed by atoms with Crippen LogP contribution in [0, 0.1) is 13.8 Å². The minimum atomic E-state index is -0.941. The molecular formula is C49H54N4O10. The van der Waals surface area contributed by atoms with Gasteiger partial charge in [-0.3, -0.25) is 9.59 Å². The molecule has 0 aliphatic rings. The number of carboxylic acid groups (broad SMARTS) is 2. The minimum absolute atomic E-state index is 0.163. The lowest BCUT2D eigenvalue weighted by molar-refractivity contribution is -0.136. The lowest BCUT2D eigenvalue weighted by Gasteiger charge is -2.09. The molecule has 63 heavy (non-hydrogen) atoms. The fourth-order valence-corrected chi connectivity index (χ4v) is 6.21. The maximum atomic E-state index is 11.1. The van der Waals surface area contributed by atoms with Crippen molar-refractivity contribution >= 4 is 23.4 Å². The molecule has 0 spiro atoms. The Balaban J connectivity index is 0.000000238. The Morgan fingerprint density at radius 2 is 1.03 bits per heavy atom. The molecule has 14 nitrogen and oxygen atoms in total. The van der Waals surface area contributed by atoms with Gasteiger partial charge in [-0.15, -0.1) is 0 Å². The molecule has 4 aromatic carbocycles. The summed E-state index contributed by atoms with van der Waals surface area (Å²) in [6.07, 6.45) is 2.48. The van der Waals surface area contributed by atoms with Crippen LogP contribution in [0.25, 0.3) is 22.9 Å². The molecule has 0 unspecified atom stereocenters. The van der Waals surface area contributed by atoms with Crippen molar-refractivity contribution in [2.75, 3.05) is 26.4 Å². The smallest absolute Gasteiger partial charge is 0.309 e. The first-order chi connectivity index (χ1) is 30.6. The van der Waals surface area contributed by atoms with Crippen LogP contribution in [0.15, 0.2) is 128 Å². The molecule has 6 rings (SSSR count). The predicted octanol–water partition coefficient (Wildman–Crippen LogP) is 9.75. The average molecular weight is 859 g/mol. The lowest BCUT2D eigenvalue weighted by Crippen LogP contribution is -2.11. The molecule has 2 N–H and O–H groups in total. The second-order valence-electron chi connectivity index (χ2n) is 14.3. The van der Waals surface area contributed by atoms with Crippen molar-refractivity contribution in [3.8, 4) is 34.4 Å². The molecule has 0 amide bonds. The largest absolute Gasteiger partial charge is 0.493 e. The number of oxime groups is 2. The Bertz CT molecular complexity index is 2410. The SMILES string of the molecule is CCCO/N=C(/CC(=O)O)Cc1cccc(OCCc2nc(-c3ccccc3)oc2C)c1.CCO/N=C(\CC(=O)O)Cc1cccc(OCCc2nc(-c3ccccc3)oc2C)c1. The van der Waals surface area contributed by atoms with Gasteiger partial charge in [0.2, 0.25) is 11.8 Å². The van der Waals surface area contributed by atoms with Crippen LogP contribution in [0.5, 0.6) is 11.5 Å². The second-order valence-corrected chi connectivity index (χ2v) is 14.3. The number of hydrogen-bond donors (Lipinski definition) is 2. The van der Waals surface area contributed by atoms with Crippen molar-refractivity contribution in [3.05, 3.63) is 143 Å². The first-order valence-electron chi connectivity index (χ1n) is 20.9. The number of nitrogens with zero attached hydrogens (tertiary/aromatic N) is 4. The van der Waals surface area contributed by atoms with Crippen molar-refractivity contribution in [1.29, 1.82) is 0 Å². The van der Waals surface area contributed by atoms with Gasteiger partial charge in [-0.2, -0.15) is 0 Å². The Kier molecular flexibility index (Phi) is 18.5. The van der Waals surface area contributed by atoms with Crippen LogP contribution in [0.2, 0.25) is 0 Å². The summed E-state index contributed by atoms with van der Waals surface area (Å²) in [5, 5.41) is 26.1. The fourth-order valence-electron chi connectivity index (χ4n) is 6.21. The summed E-state index contributed by atoms with van der Waals surface area (Å²) in [6, 6.07) is 34.7. The number of aromatic nitrogens is 2. The average Bonchev–Trinajstić information content (AvgIpc) is 3.84. The van der Waals surface area contributed by atoms with Crippen LogP contribution in [0.1, 0.15) is 67.1 Å². The van der Waals surface area contributed by atoms with Crippen molar-refractivity contribution in [2.24, 2.45) is 10.3 Å². The van der Waals surface area contributed by atoms with E-state index in [1.807, 2.05) is 130 Å². The quantitative estimate of drug-likeness (QED) is 0.0353. The molecule has 0 atom stereocenters. The summed E-state index contributed by atoms with van der Waals surface area (Å²) in [5.41, 5.74) is 6.35. The predicted molar refractivity (Wildman–Crippen MR) is 239 cm³/mol. The lowest BCUT2D eigenvalue weighted by atomic mass is 10.1. The fraction of sp³-hybridized carbons (Fsp3) is 0.306. The summed E-state index contributed by atoms with van der Waals surface area (Å²) in [4.78, 5) is 41.6. The van der Waals surface area contributed by atoms with Crippen LogP contribution in [0.3, 0.4) is 0 Å². The highest BCUT2D eigenvalue weighted by Gasteiger charge is 2.14. The Morgan fingerprint density at radius 3 is 1.44 bits per heavy atom. The zero-order valence-electron chi connectivity index (χ0n) is 36.1. The van der Waals surface area contributed by atoms with Gasteiger partial charge in [0.1, 0.15) is 36.2 Å². The first-order valence-corrected chi connectivity index (χ1v) is 20.9. The topological polar surface area (TPSA) is 188 Å². The van der Waals surface area contributed by atoms with Crippen LogP contribution in [-0.4, -0.2) is 70.0 Å². The zero-order chi connectivity index (χ0) is 44.8. The monoisotopic (exact) mass is 858 g/mol. The molecule has 330 valence electrons. The number of ether oxygens (including phenoxy) is 2. The molecule has 0 saturated heterocycles. The van der Waals surface area contributed by atoms with E-state index in [-0.39, 0.29) is 12.8 Å². The van der Waals surface area contributed by atoms with Crippen molar-refractivity contribution in [3.63, 3.8) is 0 Å². The van der Waals surface area contributed by atoms with Gasteiger partial charge in [-0.25, -0.2) is 9.97 Å². The van der Waals surface area contributed by atoms with E-state index in [0.717, 1.165) is 51.6 Å². The molecule has 0 fully saturated rings. The van der Waals surface area contributed by atoms with E-state index in [4.69, 9.17) is 38.2 Å². The van der Waals surface area contributed by atoms with Gasteiger partial charge in [0.05, 0.1) is 48.9 Å². The van der Waals surface area contributed by atoms with Crippen molar-refractivity contribution < 1.29 is 47.8 Å². The zero-order valence-corrected chi connectivity index (χ0v) is 36.1. The van der Waals surface area contributed by atoms with E-state index in [9.17, 15) is 9.59 Å². The Morgan fingerprint density at radius 1 is 0.587 bits per heavy atom. The number of oxazole rings is 2. The number of aliphatic carboxylic acids is 2. The number of aryl methyl sites for hydroxylation is 2. The van der Waals surface area contributed by atoms with Gasteiger partial charge >= 0.3 is 11.9 Å². The van der Waals surface area contributed by atoms with Gasteiger partial charge in [-0.05, 0) is 86.8 Å². The van der Waals surface area contributed by atoms with E-state index in [0.29, 0.717) is 86.8 Å². The van der Waals surface area contributed by atoms with Crippen LogP contribution in [0.4, 0.5) is 0 Å². The van der Waals surface area contributed by atoms with Gasteiger partial charge in [-0.1, -0.05) is 77.9 Å². The molecule has 6 aromatic rings. The van der Waals surface area contributed by atoms with Gasteiger partial charge < -0.3 is 38.2 Å². The highest BCUT2D eigenvalue weighted by Crippen LogP contribution is 2.24. The maximum absolute atomic E-state index is 11.1. The number of benzene rings is 4. The Labute approximate surface area is 367 Å². The number of carboxylic acids is 2. The molecule has 0 saturated carbocycles. The van der Waals surface area contributed by atoms with Gasteiger partial charge in [0, 0.05) is 36.8 Å². The molecular weight excluding hydrogens is 805 g/mol. The van der Waals surface area contributed by atoms with E-state index in [1.54, 1.807) is 6.92 Å². The van der Waals surface area contributed by atoms with Crippen molar-refractivity contribution in [1.82, 2.24) is 9.97 Å². The highest BCUT2D eigenvalue weighted by atomic mass is 16.6. The van der Waals surface area contributed by atoms with E-state index < -0.39 is 11.9 Å². The molecule has 14 heteroatoms. The van der Waals surface area contributed by atoms with Gasteiger partial charge in [0.25, 0.3) is 0 Å². The van der Waals surface area contributed by atoms with E-state index in [2.05, 4.69) is 20.3 Å². The van der Waals surface area contributed by atoms with Gasteiger partial charge in [0.15, 0.2) is 0 Å². The summed E-state index contributed by atoms with van der Waals surface area (Å²) < 4.78 is 23.4. The van der Waals surface area contributed by atoms with Crippen LogP contribution in [-0.2, 0) is 44.9 Å². The second kappa shape index (κ2) is 24.9. The summed E-state index contributed by atoms with van der Waals surface area (Å²) >= 11 is 0. The van der Waals surface area contributed by atoms with E-state index in [1.165, 1.54) is 0 Å². The molecule has 0 radical (unpaired) electrons. The highest BCUT2D eigenvalue weighted by molar-refractivity contribution is 5.99. The number of carbonyl (C=O) groups is 2. The summed E-state index contributed by atoms with van der Waals surface area (Å²) in [6.45, 7) is 9.31. The third-order valence-electron chi connectivity index (χ3n) is 9.18. The molecule has 2 heterocycles. The Hall–Kier alpha value is -7.22. The first kappa shape index (κ1) is 46.8. The molecule has 0 aliphatic carbocycles. The minimum Gasteiger partial charge on any atom is -0.493 e. The third kappa shape index (κ3) is 16.0. The number of hydrogen-bond acceptors (Lipinski definition) is 12. The van der Waals surface area contributed by atoms with E-state index >= 15 is 0 Å². The normalized spacial score (nSPS) is 11.4. The summed E-state index contributed by atoms with van der Waals surface area (Å²) in [7, 11) is 0. The summed E-state index contributed by atoms with van der Waals surface area (Å²) in [5.74, 6) is 2.30. The third-order valence-corrected chi connectivity index (χ3v) is 9.18. The maximum Gasteiger partial charge on any atom is 0.309 e. The molecule has 0 aliphatic heterocycles. The standard InChI is InChI=1S/C25H28N2O5.C24H26N2O5/c1-3-13-31-27-21(17-24(28)29)15-19-8-7-11-22(16-19)30-14-12-23-18(2)32-25(26-23)20-9-5-4-6-10-20;1-3-30-26-20(16-23(27)28)14-18-8-7-11-21(15-18)29-13-12-22-17(2)31-24(25-22)19-9-5-4-6-10-19/h4-11,16H,3,12-15,17H2,1-2H3,(H,28,29);4-11,15H,3,12-14,16H2,1-2H3,(H,27,28)/b27-21+;26-20-. The van der Waals surface area contributed by atoms with Crippen molar-refractivity contribution in [2.45, 2.75) is 72.6 Å². The molecule has 0 bridgehead atoms. The molecule has 2 aromatic heterocycles. The van der Waals surface area contributed by atoms with Crippen LogP contribution < -0.4 is 9.47 Å².